The molecule has 0 bridgehead atoms. The van der Waals surface area contributed by atoms with Gasteiger partial charge in [0.1, 0.15) is 0 Å². The van der Waals surface area contributed by atoms with Gasteiger partial charge in [0.2, 0.25) is 5.89 Å². The number of ether oxygens (including phenoxy) is 1. The molecule has 5 heteroatoms. The maximum atomic E-state index is 5.23. The Morgan fingerprint density at radius 2 is 2.18 bits per heavy atom. The normalized spacial score (nSPS) is 17.5. The van der Waals surface area contributed by atoms with Crippen LogP contribution in [0.4, 0.5) is 0 Å². The van der Waals surface area contributed by atoms with Crippen molar-refractivity contribution in [2.24, 2.45) is 0 Å². The molecule has 2 rings (SSSR count). The first-order chi connectivity index (χ1) is 8.40. The van der Waals surface area contributed by atoms with Crippen molar-refractivity contribution in [1.29, 1.82) is 0 Å². The molecule has 1 heterocycles. The Morgan fingerprint density at radius 1 is 1.35 bits per heavy atom. The minimum absolute atomic E-state index is 0.514. The highest BCUT2D eigenvalue weighted by Crippen LogP contribution is 2.30. The van der Waals surface area contributed by atoms with Gasteiger partial charge in [-0.05, 0) is 12.8 Å². The van der Waals surface area contributed by atoms with Gasteiger partial charge in [-0.15, -0.1) is 0 Å². The highest BCUT2D eigenvalue weighted by Gasteiger charge is 2.20. The standard InChI is InChI=1S/C12H21N3O2/c1-16-8-7-13-9-11-14-12(15-17-11)10-5-3-2-4-6-10/h10,13H,2-9H2,1H3. The van der Waals surface area contributed by atoms with Crippen molar-refractivity contribution in [2.75, 3.05) is 20.3 Å². The van der Waals surface area contributed by atoms with E-state index in [0.717, 1.165) is 12.4 Å². The Kier molecular flexibility index (Phi) is 4.94. The number of rotatable bonds is 6. The maximum absolute atomic E-state index is 5.23. The molecule has 1 saturated carbocycles. The summed E-state index contributed by atoms with van der Waals surface area (Å²) in [5.74, 6) is 2.09. The van der Waals surface area contributed by atoms with Crippen molar-refractivity contribution in [3.05, 3.63) is 11.7 Å². The summed E-state index contributed by atoms with van der Waals surface area (Å²) in [6.07, 6.45) is 6.34. The molecule has 1 aromatic heterocycles. The highest BCUT2D eigenvalue weighted by atomic mass is 16.5. The SMILES string of the molecule is COCCNCc1nc(C2CCCCC2)no1. The Labute approximate surface area is 102 Å². The van der Waals surface area contributed by atoms with E-state index in [-0.39, 0.29) is 0 Å². The second-order valence-electron chi connectivity index (χ2n) is 4.55. The molecule has 17 heavy (non-hydrogen) atoms. The number of aromatic nitrogens is 2. The van der Waals surface area contributed by atoms with E-state index in [1.54, 1.807) is 7.11 Å². The van der Waals surface area contributed by atoms with Crippen molar-refractivity contribution >= 4 is 0 Å². The zero-order chi connectivity index (χ0) is 11.9. The van der Waals surface area contributed by atoms with Crippen LogP contribution in [0.15, 0.2) is 4.52 Å². The maximum Gasteiger partial charge on any atom is 0.240 e. The van der Waals surface area contributed by atoms with Crippen LogP contribution in [0, 0.1) is 0 Å². The second kappa shape index (κ2) is 6.71. The molecular weight excluding hydrogens is 218 g/mol. The fraction of sp³-hybridized carbons (Fsp3) is 0.833. The summed E-state index contributed by atoms with van der Waals surface area (Å²) < 4.78 is 10.2. The van der Waals surface area contributed by atoms with Gasteiger partial charge in [0.05, 0.1) is 13.2 Å². The molecule has 0 radical (unpaired) electrons. The molecular formula is C12H21N3O2. The first-order valence-electron chi connectivity index (χ1n) is 6.42. The summed E-state index contributed by atoms with van der Waals surface area (Å²) in [6, 6.07) is 0. The largest absolute Gasteiger partial charge is 0.383 e. The lowest BCUT2D eigenvalue weighted by atomic mass is 9.89. The van der Waals surface area contributed by atoms with Crippen molar-refractivity contribution in [1.82, 2.24) is 15.5 Å². The third-order valence-electron chi connectivity index (χ3n) is 3.21. The smallest absolute Gasteiger partial charge is 0.240 e. The average molecular weight is 239 g/mol. The third-order valence-corrected chi connectivity index (χ3v) is 3.21. The van der Waals surface area contributed by atoms with Crippen LogP contribution in [0.1, 0.15) is 49.7 Å². The van der Waals surface area contributed by atoms with Crippen molar-refractivity contribution in [3.8, 4) is 0 Å². The molecule has 0 aliphatic heterocycles. The first-order valence-corrected chi connectivity index (χ1v) is 6.42. The van der Waals surface area contributed by atoms with E-state index in [9.17, 15) is 0 Å². The lowest BCUT2D eigenvalue weighted by molar-refractivity contribution is 0.197. The van der Waals surface area contributed by atoms with Crippen LogP contribution in [0.2, 0.25) is 0 Å². The Bertz CT molecular complexity index is 321. The summed E-state index contributed by atoms with van der Waals surface area (Å²) >= 11 is 0. The van der Waals surface area contributed by atoms with Crippen molar-refractivity contribution < 1.29 is 9.26 Å². The summed E-state index contributed by atoms with van der Waals surface area (Å²) in [4.78, 5) is 4.45. The first kappa shape index (κ1) is 12.5. The van der Waals surface area contributed by atoms with E-state index in [2.05, 4.69) is 15.5 Å². The number of methoxy groups -OCH3 is 1. The minimum atomic E-state index is 0.514. The summed E-state index contributed by atoms with van der Waals surface area (Å²) in [6.45, 7) is 2.13. The van der Waals surface area contributed by atoms with Gasteiger partial charge >= 0.3 is 0 Å². The van der Waals surface area contributed by atoms with Crippen LogP contribution >= 0.6 is 0 Å². The van der Waals surface area contributed by atoms with E-state index in [1.807, 2.05) is 0 Å². The molecule has 0 amide bonds. The third kappa shape index (κ3) is 3.78. The molecule has 0 spiro atoms. The summed E-state index contributed by atoms with van der Waals surface area (Å²) in [5.41, 5.74) is 0. The topological polar surface area (TPSA) is 60.2 Å². The van der Waals surface area contributed by atoms with Gasteiger partial charge in [-0.1, -0.05) is 24.4 Å². The van der Waals surface area contributed by atoms with Crippen LogP contribution in [0.3, 0.4) is 0 Å². The lowest BCUT2D eigenvalue weighted by Gasteiger charge is -2.17. The zero-order valence-corrected chi connectivity index (χ0v) is 10.4. The van der Waals surface area contributed by atoms with Crippen LogP contribution in [0.5, 0.6) is 0 Å². The molecule has 1 aromatic rings. The second-order valence-corrected chi connectivity index (χ2v) is 4.55. The number of nitrogens with zero attached hydrogens (tertiary/aromatic N) is 2. The van der Waals surface area contributed by atoms with E-state index in [0.29, 0.717) is 25.0 Å². The predicted molar refractivity (Wildman–Crippen MR) is 63.7 cm³/mol. The molecule has 0 atom stereocenters. The monoisotopic (exact) mass is 239 g/mol. The van der Waals surface area contributed by atoms with Crippen LogP contribution in [-0.2, 0) is 11.3 Å². The summed E-state index contributed by atoms with van der Waals surface area (Å²) in [7, 11) is 1.69. The lowest BCUT2D eigenvalue weighted by Crippen LogP contribution is -2.18. The van der Waals surface area contributed by atoms with E-state index in [1.165, 1.54) is 32.1 Å². The molecule has 0 unspecified atom stereocenters. The van der Waals surface area contributed by atoms with Gasteiger partial charge in [-0.3, -0.25) is 0 Å². The molecule has 0 saturated heterocycles. The van der Waals surface area contributed by atoms with Gasteiger partial charge in [0.25, 0.3) is 0 Å². The van der Waals surface area contributed by atoms with E-state index < -0.39 is 0 Å². The van der Waals surface area contributed by atoms with Gasteiger partial charge < -0.3 is 14.6 Å². The Balaban J connectivity index is 1.78. The zero-order valence-electron chi connectivity index (χ0n) is 10.4. The molecule has 1 N–H and O–H groups in total. The van der Waals surface area contributed by atoms with Gasteiger partial charge in [-0.2, -0.15) is 4.98 Å². The van der Waals surface area contributed by atoms with Crippen LogP contribution < -0.4 is 5.32 Å². The molecule has 1 fully saturated rings. The quantitative estimate of drug-likeness (QED) is 0.768. The van der Waals surface area contributed by atoms with Crippen LogP contribution in [0.25, 0.3) is 0 Å². The molecule has 1 aliphatic carbocycles. The number of hydrogen-bond donors (Lipinski definition) is 1. The highest BCUT2D eigenvalue weighted by molar-refractivity contribution is 4.96. The minimum Gasteiger partial charge on any atom is -0.383 e. The number of nitrogens with one attached hydrogen (secondary N) is 1. The molecule has 96 valence electrons. The van der Waals surface area contributed by atoms with Gasteiger partial charge in [-0.25, -0.2) is 0 Å². The van der Waals surface area contributed by atoms with Crippen molar-refractivity contribution in [2.45, 2.75) is 44.6 Å². The van der Waals surface area contributed by atoms with Gasteiger partial charge in [0.15, 0.2) is 5.82 Å². The van der Waals surface area contributed by atoms with Crippen LogP contribution in [-0.4, -0.2) is 30.4 Å². The molecule has 1 aliphatic rings. The predicted octanol–water partition coefficient (Wildman–Crippen LogP) is 1.85. The van der Waals surface area contributed by atoms with Gasteiger partial charge in [0, 0.05) is 19.6 Å². The molecule has 5 nitrogen and oxygen atoms in total. The Hall–Kier alpha value is -0.940. The molecule has 0 aromatic carbocycles. The average Bonchev–Trinajstić information content (AvgIpc) is 2.85. The fourth-order valence-corrected chi connectivity index (χ4v) is 2.24. The van der Waals surface area contributed by atoms with E-state index in [4.69, 9.17) is 9.26 Å². The van der Waals surface area contributed by atoms with E-state index >= 15 is 0 Å². The Morgan fingerprint density at radius 3 is 2.94 bits per heavy atom. The fourth-order valence-electron chi connectivity index (χ4n) is 2.24. The number of hydrogen-bond acceptors (Lipinski definition) is 5. The summed E-state index contributed by atoms with van der Waals surface area (Å²) in [5, 5.41) is 7.28. The van der Waals surface area contributed by atoms with Crippen molar-refractivity contribution in [3.63, 3.8) is 0 Å².